The summed E-state index contributed by atoms with van der Waals surface area (Å²) in [5.74, 6) is 0.0954. The predicted molar refractivity (Wildman–Crippen MR) is 98.2 cm³/mol. The van der Waals surface area contributed by atoms with Gasteiger partial charge in [-0.1, -0.05) is 0 Å². The molecule has 0 bridgehead atoms. The van der Waals surface area contributed by atoms with Crippen LogP contribution in [0.1, 0.15) is 23.2 Å². The standard InChI is InChI=1S/C17H25N3O4S/c1-6-23-7-8-24-14(21)10-20-13(9-19(4)5)18-16-15(17(20)22)11(2)12(3)25-16/h6-10H2,1-5H3. The van der Waals surface area contributed by atoms with Gasteiger partial charge in [-0.05, 0) is 40.4 Å². The van der Waals surface area contributed by atoms with Gasteiger partial charge < -0.3 is 14.4 Å². The zero-order valence-electron chi connectivity index (χ0n) is 15.4. The predicted octanol–water partition coefficient (Wildman–Crippen LogP) is 1.72. The molecule has 0 amide bonds. The van der Waals surface area contributed by atoms with Gasteiger partial charge in [-0.2, -0.15) is 0 Å². The first-order valence-corrected chi connectivity index (χ1v) is 9.04. The maximum Gasteiger partial charge on any atom is 0.326 e. The van der Waals surface area contributed by atoms with Crippen LogP contribution in [0, 0.1) is 13.8 Å². The molecule has 2 aromatic rings. The summed E-state index contributed by atoms with van der Waals surface area (Å²) >= 11 is 1.51. The summed E-state index contributed by atoms with van der Waals surface area (Å²) in [4.78, 5) is 33.4. The number of hydrogen-bond acceptors (Lipinski definition) is 7. The normalized spacial score (nSPS) is 11.4. The molecule has 0 spiro atoms. The molecule has 25 heavy (non-hydrogen) atoms. The van der Waals surface area contributed by atoms with Crippen LogP contribution in [0.2, 0.25) is 0 Å². The van der Waals surface area contributed by atoms with Gasteiger partial charge in [0.15, 0.2) is 0 Å². The maximum absolute atomic E-state index is 13.0. The molecule has 0 aromatic carbocycles. The Balaban J connectivity index is 2.35. The molecule has 0 aliphatic heterocycles. The number of fused-ring (bicyclic) bond motifs is 1. The first-order chi connectivity index (χ1) is 11.8. The van der Waals surface area contributed by atoms with Crippen LogP contribution in [0.4, 0.5) is 0 Å². The molecule has 7 nitrogen and oxygen atoms in total. The SMILES string of the molecule is CCOCCOC(=O)Cn1c(CN(C)C)nc2sc(C)c(C)c2c1=O. The Morgan fingerprint density at radius 3 is 2.64 bits per heavy atom. The van der Waals surface area contributed by atoms with E-state index in [2.05, 4.69) is 4.98 Å². The number of aromatic nitrogens is 2. The largest absolute Gasteiger partial charge is 0.462 e. The maximum atomic E-state index is 13.0. The molecule has 0 aliphatic carbocycles. The summed E-state index contributed by atoms with van der Waals surface area (Å²) in [6.45, 7) is 7.17. The molecule has 0 N–H and O–H groups in total. The van der Waals surface area contributed by atoms with Gasteiger partial charge in [0.1, 0.15) is 23.8 Å². The highest BCUT2D eigenvalue weighted by Gasteiger charge is 2.19. The smallest absolute Gasteiger partial charge is 0.326 e. The molecule has 2 rings (SSSR count). The summed E-state index contributed by atoms with van der Waals surface area (Å²) < 4.78 is 11.7. The highest BCUT2D eigenvalue weighted by atomic mass is 32.1. The Bertz CT molecular complexity index is 810. The van der Waals surface area contributed by atoms with Gasteiger partial charge in [-0.25, -0.2) is 4.98 Å². The van der Waals surface area contributed by atoms with Crippen molar-refractivity contribution < 1.29 is 14.3 Å². The summed E-state index contributed by atoms with van der Waals surface area (Å²) in [6, 6.07) is 0. The van der Waals surface area contributed by atoms with Gasteiger partial charge in [0.25, 0.3) is 5.56 Å². The van der Waals surface area contributed by atoms with Gasteiger partial charge in [-0.15, -0.1) is 11.3 Å². The molecule has 0 saturated heterocycles. The minimum absolute atomic E-state index is 0.147. The van der Waals surface area contributed by atoms with Crippen LogP contribution >= 0.6 is 11.3 Å². The Morgan fingerprint density at radius 1 is 1.28 bits per heavy atom. The number of rotatable bonds is 8. The minimum atomic E-state index is -0.465. The first-order valence-electron chi connectivity index (χ1n) is 8.22. The molecule has 8 heteroatoms. The molecule has 0 unspecified atom stereocenters. The fourth-order valence-corrected chi connectivity index (χ4v) is 3.51. The lowest BCUT2D eigenvalue weighted by molar-refractivity contribution is -0.146. The third-order valence-electron chi connectivity index (χ3n) is 3.81. The van der Waals surface area contributed by atoms with Crippen molar-refractivity contribution in [3.05, 3.63) is 26.6 Å². The van der Waals surface area contributed by atoms with Crippen LogP contribution in [0.25, 0.3) is 10.2 Å². The fraction of sp³-hybridized carbons (Fsp3) is 0.588. The quantitative estimate of drug-likeness (QED) is 0.522. The number of thiophene rings is 1. The van der Waals surface area contributed by atoms with Crippen molar-refractivity contribution in [3.63, 3.8) is 0 Å². The average Bonchev–Trinajstić information content (AvgIpc) is 2.82. The molecule has 0 atom stereocenters. The van der Waals surface area contributed by atoms with E-state index < -0.39 is 5.97 Å². The first kappa shape index (κ1) is 19.6. The van der Waals surface area contributed by atoms with Crippen LogP contribution in [0.5, 0.6) is 0 Å². The van der Waals surface area contributed by atoms with E-state index in [4.69, 9.17) is 9.47 Å². The molecule has 0 saturated carbocycles. The second-order valence-electron chi connectivity index (χ2n) is 6.04. The van der Waals surface area contributed by atoms with Gasteiger partial charge in [-0.3, -0.25) is 14.2 Å². The fourth-order valence-electron chi connectivity index (χ4n) is 2.47. The van der Waals surface area contributed by atoms with Crippen molar-refractivity contribution >= 4 is 27.5 Å². The van der Waals surface area contributed by atoms with Gasteiger partial charge in [0.05, 0.1) is 18.5 Å². The molecule has 0 fully saturated rings. The number of carbonyl (C=O) groups is 1. The number of esters is 1. The molecule has 2 aromatic heterocycles. The van der Waals surface area contributed by atoms with Crippen LogP contribution in [-0.2, 0) is 27.4 Å². The average molecular weight is 367 g/mol. The van der Waals surface area contributed by atoms with Crippen molar-refractivity contribution in [2.75, 3.05) is 33.9 Å². The summed E-state index contributed by atoms with van der Waals surface area (Å²) in [6.07, 6.45) is 0. The molecular weight excluding hydrogens is 342 g/mol. The molecular formula is C17H25N3O4S. The van der Waals surface area contributed by atoms with E-state index in [0.29, 0.717) is 31.0 Å². The zero-order chi connectivity index (χ0) is 18.6. The van der Waals surface area contributed by atoms with E-state index in [1.54, 1.807) is 0 Å². The third-order valence-corrected chi connectivity index (χ3v) is 4.91. The lowest BCUT2D eigenvalue weighted by Gasteiger charge is -2.15. The zero-order valence-corrected chi connectivity index (χ0v) is 16.2. The van der Waals surface area contributed by atoms with Crippen LogP contribution in [-0.4, -0.2) is 54.3 Å². The second-order valence-corrected chi connectivity index (χ2v) is 7.24. The minimum Gasteiger partial charge on any atom is -0.462 e. The van der Waals surface area contributed by atoms with Crippen LogP contribution in [0.3, 0.4) is 0 Å². The number of nitrogens with zero attached hydrogens (tertiary/aromatic N) is 3. The van der Waals surface area contributed by atoms with Crippen molar-refractivity contribution in [3.8, 4) is 0 Å². The summed E-state index contributed by atoms with van der Waals surface area (Å²) in [7, 11) is 3.79. The Labute approximate surface area is 151 Å². The topological polar surface area (TPSA) is 73.7 Å². The number of hydrogen-bond donors (Lipinski definition) is 0. The van der Waals surface area contributed by atoms with E-state index >= 15 is 0 Å². The van der Waals surface area contributed by atoms with Crippen LogP contribution in [0.15, 0.2) is 4.79 Å². The van der Waals surface area contributed by atoms with Gasteiger partial charge >= 0.3 is 5.97 Å². The van der Waals surface area contributed by atoms with Gasteiger partial charge in [0, 0.05) is 11.5 Å². The van der Waals surface area contributed by atoms with Crippen LogP contribution < -0.4 is 5.56 Å². The lowest BCUT2D eigenvalue weighted by Crippen LogP contribution is -2.31. The van der Waals surface area contributed by atoms with Gasteiger partial charge in [0.2, 0.25) is 0 Å². The Morgan fingerprint density at radius 2 is 2.00 bits per heavy atom. The van der Waals surface area contributed by atoms with E-state index in [0.717, 1.165) is 15.3 Å². The highest BCUT2D eigenvalue weighted by Crippen LogP contribution is 2.26. The van der Waals surface area contributed by atoms with E-state index in [9.17, 15) is 9.59 Å². The third kappa shape index (κ3) is 4.65. The molecule has 138 valence electrons. The van der Waals surface area contributed by atoms with Crippen molar-refractivity contribution in [1.82, 2.24) is 14.5 Å². The summed E-state index contributed by atoms with van der Waals surface area (Å²) in [5.41, 5.74) is 0.734. The number of ether oxygens (including phenoxy) is 2. The second kappa shape index (κ2) is 8.55. The number of aryl methyl sites for hydroxylation is 2. The Kier molecular flexibility index (Phi) is 6.69. The van der Waals surface area contributed by atoms with E-state index in [1.165, 1.54) is 15.9 Å². The lowest BCUT2D eigenvalue weighted by atomic mass is 10.2. The molecule has 0 aliphatic rings. The van der Waals surface area contributed by atoms with Crippen molar-refractivity contribution in [2.45, 2.75) is 33.9 Å². The van der Waals surface area contributed by atoms with E-state index in [-0.39, 0.29) is 18.7 Å². The molecule has 0 radical (unpaired) electrons. The monoisotopic (exact) mass is 367 g/mol. The Hall–Kier alpha value is -1.77. The summed E-state index contributed by atoms with van der Waals surface area (Å²) in [5, 5.41) is 0.590. The number of carbonyl (C=O) groups excluding carboxylic acids is 1. The molecule has 2 heterocycles. The van der Waals surface area contributed by atoms with Crippen molar-refractivity contribution in [2.24, 2.45) is 0 Å². The highest BCUT2D eigenvalue weighted by molar-refractivity contribution is 7.18. The van der Waals surface area contributed by atoms with Crippen molar-refractivity contribution in [1.29, 1.82) is 0 Å². The van der Waals surface area contributed by atoms with E-state index in [1.807, 2.05) is 39.8 Å².